The number of hydrogen-bond acceptors (Lipinski definition) is 2. The highest BCUT2D eigenvalue weighted by molar-refractivity contribution is 5.97. The summed E-state index contributed by atoms with van der Waals surface area (Å²) in [7, 11) is 0. The third kappa shape index (κ3) is 3.01. The Kier molecular flexibility index (Phi) is 5.55. The molecule has 24 heavy (non-hydrogen) atoms. The molecule has 2 heterocycles. The van der Waals surface area contributed by atoms with Gasteiger partial charge in [-0.1, -0.05) is 54.1 Å². The zero-order valence-electron chi connectivity index (χ0n) is 13.3. The van der Waals surface area contributed by atoms with E-state index in [2.05, 4.69) is 84.9 Å². The zero-order valence-corrected chi connectivity index (χ0v) is 15.0. The molecule has 0 saturated carbocycles. The summed E-state index contributed by atoms with van der Waals surface area (Å²) in [6.07, 6.45) is 8.36. The zero-order chi connectivity index (χ0) is 15.1. The fraction of sp³-hybridized carbons (Fsp3) is 0.100. The quantitative estimate of drug-likeness (QED) is 0.789. The van der Waals surface area contributed by atoms with E-state index < -0.39 is 0 Å². The molecule has 1 atom stereocenters. The van der Waals surface area contributed by atoms with Crippen LogP contribution < -0.4 is 5.73 Å². The van der Waals surface area contributed by atoms with Crippen LogP contribution in [0.5, 0.6) is 0 Å². The van der Waals surface area contributed by atoms with Crippen molar-refractivity contribution in [1.29, 1.82) is 0 Å². The molecule has 1 unspecified atom stereocenters. The van der Waals surface area contributed by atoms with Gasteiger partial charge in [-0.3, -0.25) is 0 Å². The molecule has 2 aromatic carbocycles. The van der Waals surface area contributed by atoms with E-state index in [-0.39, 0.29) is 30.9 Å². The topological polar surface area (TPSA) is 29.3 Å². The van der Waals surface area contributed by atoms with Gasteiger partial charge in [-0.25, -0.2) is 0 Å². The minimum atomic E-state index is -0.0893. The molecule has 2 N–H and O–H groups in total. The lowest BCUT2D eigenvalue weighted by Crippen LogP contribution is -2.29. The first-order valence-corrected chi connectivity index (χ1v) is 7.55. The van der Waals surface area contributed by atoms with Gasteiger partial charge in [0.1, 0.15) is 0 Å². The summed E-state index contributed by atoms with van der Waals surface area (Å²) >= 11 is 0. The normalized spacial score (nSPS) is 17.6. The molecule has 0 aliphatic carbocycles. The average molecular weight is 359 g/mol. The van der Waals surface area contributed by atoms with Crippen molar-refractivity contribution >= 4 is 42.2 Å². The molecule has 0 radical (unpaired) electrons. The Morgan fingerprint density at radius 1 is 0.917 bits per heavy atom. The van der Waals surface area contributed by atoms with Crippen molar-refractivity contribution in [3.8, 4) is 0 Å². The Balaban J connectivity index is 0.00000104. The largest absolute Gasteiger partial charge is 0.323 e. The van der Waals surface area contributed by atoms with Gasteiger partial charge in [0.2, 0.25) is 0 Å². The van der Waals surface area contributed by atoms with Gasteiger partial charge in [0.15, 0.2) is 0 Å². The third-order valence-electron chi connectivity index (χ3n) is 4.29. The minimum absolute atomic E-state index is 0. The molecule has 124 valence electrons. The number of benzene rings is 2. The smallest absolute Gasteiger partial charge is 0.0584 e. The van der Waals surface area contributed by atoms with Gasteiger partial charge in [0.05, 0.1) is 11.7 Å². The summed E-state index contributed by atoms with van der Waals surface area (Å²) in [4.78, 5) is 2.17. The van der Waals surface area contributed by atoms with Crippen LogP contribution in [0.4, 0.5) is 0 Å². The van der Waals surface area contributed by atoms with Crippen LogP contribution in [0.1, 0.15) is 22.3 Å². The van der Waals surface area contributed by atoms with Gasteiger partial charge in [0, 0.05) is 23.5 Å². The van der Waals surface area contributed by atoms with Crippen LogP contribution in [0.25, 0.3) is 17.3 Å². The second-order valence-electron chi connectivity index (χ2n) is 5.81. The first-order valence-electron chi connectivity index (χ1n) is 7.55. The Bertz CT molecular complexity index is 820. The molecular weight excluding hydrogens is 339 g/mol. The molecule has 2 aliphatic heterocycles. The fourth-order valence-corrected chi connectivity index (χ4v) is 3.14. The van der Waals surface area contributed by atoms with Crippen molar-refractivity contribution in [1.82, 2.24) is 4.90 Å². The van der Waals surface area contributed by atoms with Crippen LogP contribution in [0.3, 0.4) is 0 Å². The first kappa shape index (κ1) is 18.3. The molecule has 0 aromatic heterocycles. The van der Waals surface area contributed by atoms with Gasteiger partial charge in [-0.2, -0.15) is 0 Å². The van der Waals surface area contributed by atoms with E-state index in [1.807, 2.05) is 0 Å². The van der Waals surface area contributed by atoms with Gasteiger partial charge in [-0.05, 0) is 30.2 Å². The number of nitrogens with zero attached hydrogens (tertiary/aromatic N) is 1. The maximum Gasteiger partial charge on any atom is 0.0584 e. The van der Waals surface area contributed by atoms with E-state index in [1.54, 1.807) is 0 Å². The number of rotatable bonds is 1. The predicted molar refractivity (Wildman–Crippen MR) is 107 cm³/mol. The van der Waals surface area contributed by atoms with Gasteiger partial charge in [-0.15, -0.1) is 24.8 Å². The first-order chi connectivity index (χ1) is 10.7. The predicted octanol–water partition coefficient (Wildman–Crippen LogP) is 4.85. The summed E-state index contributed by atoms with van der Waals surface area (Å²) in [5.41, 5.74) is 13.7. The van der Waals surface area contributed by atoms with E-state index >= 15 is 0 Å². The summed E-state index contributed by atoms with van der Waals surface area (Å²) in [6, 6.07) is 17.0. The number of fused-ring (bicyclic) bond motifs is 3. The highest BCUT2D eigenvalue weighted by Gasteiger charge is 2.26. The Morgan fingerprint density at radius 3 is 2.38 bits per heavy atom. The van der Waals surface area contributed by atoms with E-state index in [9.17, 15) is 0 Å². The van der Waals surface area contributed by atoms with Crippen LogP contribution in [0.2, 0.25) is 0 Å². The lowest BCUT2D eigenvalue weighted by Gasteiger charge is -2.33. The Morgan fingerprint density at radius 2 is 1.62 bits per heavy atom. The summed E-state index contributed by atoms with van der Waals surface area (Å²) in [6.45, 7) is 2.10. The Hall–Kier alpha value is -2.00. The van der Waals surface area contributed by atoms with Gasteiger partial charge >= 0.3 is 0 Å². The molecule has 0 amide bonds. The van der Waals surface area contributed by atoms with E-state index in [4.69, 9.17) is 5.73 Å². The van der Waals surface area contributed by atoms with Crippen molar-refractivity contribution in [3.63, 3.8) is 0 Å². The molecule has 2 aliphatic rings. The van der Waals surface area contributed by atoms with Gasteiger partial charge in [0.25, 0.3) is 0 Å². The maximum absolute atomic E-state index is 6.42. The van der Waals surface area contributed by atoms with Crippen molar-refractivity contribution in [2.75, 3.05) is 0 Å². The second kappa shape index (κ2) is 7.27. The van der Waals surface area contributed by atoms with Crippen molar-refractivity contribution in [2.24, 2.45) is 5.73 Å². The lowest BCUT2D eigenvalue weighted by atomic mass is 9.88. The third-order valence-corrected chi connectivity index (χ3v) is 4.29. The van der Waals surface area contributed by atoms with Crippen molar-refractivity contribution in [3.05, 3.63) is 89.3 Å². The monoisotopic (exact) mass is 358 g/mol. The molecule has 0 bridgehead atoms. The van der Waals surface area contributed by atoms with Crippen LogP contribution in [-0.4, -0.2) is 10.9 Å². The van der Waals surface area contributed by atoms with Crippen LogP contribution in [0, 0.1) is 6.92 Å². The van der Waals surface area contributed by atoms with E-state index in [1.165, 1.54) is 33.5 Å². The van der Waals surface area contributed by atoms with E-state index in [0.717, 1.165) is 0 Å². The molecule has 4 heteroatoms. The number of halogens is 2. The molecule has 4 rings (SSSR count). The minimum Gasteiger partial charge on any atom is -0.323 e. The molecule has 2 nitrogen and oxygen atoms in total. The number of hydrogen-bond donors (Lipinski definition) is 1. The van der Waals surface area contributed by atoms with Crippen LogP contribution in [0.15, 0.2) is 67.0 Å². The molecule has 0 spiro atoms. The van der Waals surface area contributed by atoms with E-state index in [0.29, 0.717) is 0 Å². The highest BCUT2D eigenvalue weighted by atomic mass is 35.5. The number of nitrogens with two attached hydrogens (primary N) is 1. The SMILES string of the molecule is Cc1ccc(C2=C3c4ccccc4C=CN3C=CC2N)cc1.Cl.Cl. The van der Waals surface area contributed by atoms with Gasteiger partial charge < -0.3 is 10.6 Å². The second-order valence-corrected chi connectivity index (χ2v) is 5.81. The van der Waals surface area contributed by atoms with Crippen LogP contribution >= 0.6 is 24.8 Å². The maximum atomic E-state index is 6.42. The van der Waals surface area contributed by atoms with Crippen molar-refractivity contribution in [2.45, 2.75) is 13.0 Å². The lowest BCUT2D eigenvalue weighted by molar-refractivity contribution is 0.700. The highest BCUT2D eigenvalue weighted by Crippen LogP contribution is 2.39. The summed E-state index contributed by atoms with van der Waals surface area (Å²) in [5.74, 6) is 0. The van der Waals surface area contributed by atoms with Crippen molar-refractivity contribution < 1.29 is 0 Å². The molecule has 0 saturated heterocycles. The fourth-order valence-electron chi connectivity index (χ4n) is 3.14. The average Bonchev–Trinajstić information content (AvgIpc) is 2.56. The van der Waals surface area contributed by atoms with Crippen LogP contribution in [-0.2, 0) is 0 Å². The summed E-state index contributed by atoms with van der Waals surface area (Å²) < 4.78 is 0. The molecular formula is C20H20Cl2N2. The molecule has 2 aromatic rings. The Labute approximate surface area is 155 Å². The standard InChI is InChI=1S/C20H18N2.2ClH/c1-14-6-8-16(9-7-14)19-18(21)11-13-22-12-10-15-4-2-3-5-17(15)20(19)22;;/h2-13,18H,21H2,1H3;2*1H. The number of aryl methyl sites for hydroxylation is 1. The molecule has 0 fully saturated rings. The summed E-state index contributed by atoms with van der Waals surface area (Å²) in [5, 5.41) is 0.